The summed E-state index contributed by atoms with van der Waals surface area (Å²) in [4.78, 5) is 15.8. The Morgan fingerprint density at radius 3 is 1.62 bits per heavy atom. The van der Waals surface area contributed by atoms with Crippen LogP contribution in [0.5, 0.6) is 0 Å². The Morgan fingerprint density at radius 1 is 0.423 bits per heavy atom. The van der Waals surface area contributed by atoms with Gasteiger partial charge in [0.1, 0.15) is 0 Å². The third-order valence-electron chi connectivity index (χ3n) is 11.2. The molecule has 1 aliphatic rings. The summed E-state index contributed by atoms with van der Waals surface area (Å²) in [5.41, 5.74) is 9.09. The lowest BCUT2D eigenvalue weighted by Crippen LogP contribution is -2.15. The van der Waals surface area contributed by atoms with Crippen LogP contribution in [0, 0.1) is 0 Å². The topological polar surface area (TPSA) is 43.6 Å². The van der Waals surface area contributed by atoms with Gasteiger partial charge in [0.05, 0.1) is 11.0 Å². The van der Waals surface area contributed by atoms with Gasteiger partial charge >= 0.3 is 0 Å². The van der Waals surface area contributed by atoms with Gasteiger partial charge in [-0.2, -0.15) is 9.97 Å². The van der Waals surface area contributed by atoms with Crippen molar-refractivity contribution in [2.24, 2.45) is 0 Å². The molecule has 1 aliphatic carbocycles. The van der Waals surface area contributed by atoms with Crippen molar-refractivity contribution >= 4 is 54.1 Å². The van der Waals surface area contributed by atoms with E-state index in [4.69, 9.17) is 15.0 Å². The van der Waals surface area contributed by atoms with Crippen LogP contribution in [0.15, 0.2) is 158 Å². The summed E-state index contributed by atoms with van der Waals surface area (Å²) in [6, 6.07) is 56.5. The molecule has 0 radical (unpaired) electrons. The Labute approximate surface area is 300 Å². The van der Waals surface area contributed by atoms with Crippen LogP contribution in [-0.4, -0.2) is 19.5 Å². The predicted octanol–water partition coefficient (Wildman–Crippen LogP) is 12.1. The van der Waals surface area contributed by atoms with E-state index in [9.17, 15) is 0 Å². The van der Waals surface area contributed by atoms with Crippen molar-refractivity contribution in [3.63, 3.8) is 0 Å². The smallest absolute Gasteiger partial charge is 0.238 e. The van der Waals surface area contributed by atoms with Crippen molar-refractivity contribution in [1.29, 1.82) is 0 Å². The van der Waals surface area contributed by atoms with Crippen molar-refractivity contribution < 1.29 is 0 Å². The van der Waals surface area contributed by atoms with Gasteiger partial charge in [-0.25, -0.2) is 4.98 Å². The minimum absolute atomic E-state index is 0.183. The van der Waals surface area contributed by atoms with Crippen LogP contribution in [0.25, 0.3) is 94.0 Å². The van der Waals surface area contributed by atoms with Gasteiger partial charge in [0.2, 0.25) is 5.95 Å². The van der Waals surface area contributed by atoms with Gasteiger partial charge in [0, 0.05) is 27.3 Å². The third-order valence-corrected chi connectivity index (χ3v) is 11.2. The first-order chi connectivity index (χ1) is 25.5. The second-order valence-electron chi connectivity index (χ2n) is 14.5. The van der Waals surface area contributed by atoms with Crippen molar-refractivity contribution in [1.82, 2.24) is 19.5 Å². The van der Waals surface area contributed by atoms with E-state index in [1.807, 2.05) is 18.2 Å². The number of aromatic nitrogens is 4. The van der Waals surface area contributed by atoms with Crippen LogP contribution in [-0.2, 0) is 5.41 Å². The van der Waals surface area contributed by atoms with Crippen LogP contribution in [0.3, 0.4) is 0 Å². The normalized spacial score (nSPS) is 13.3. The van der Waals surface area contributed by atoms with E-state index in [2.05, 4.69) is 158 Å². The zero-order valence-corrected chi connectivity index (χ0v) is 28.8. The number of fused-ring (bicyclic) bond motifs is 11. The van der Waals surface area contributed by atoms with E-state index in [1.54, 1.807) is 0 Å². The van der Waals surface area contributed by atoms with E-state index in [0.717, 1.165) is 22.2 Å². The summed E-state index contributed by atoms with van der Waals surface area (Å²) in [6.45, 7) is 4.66. The molecule has 2 heterocycles. The molecule has 4 heteroatoms. The second kappa shape index (κ2) is 10.7. The van der Waals surface area contributed by atoms with Crippen LogP contribution in [0.4, 0.5) is 0 Å². The van der Waals surface area contributed by atoms with Crippen molar-refractivity contribution in [2.45, 2.75) is 19.3 Å². The maximum absolute atomic E-state index is 5.34. The molecule has 0 atom stereocenters. The fourth-order valence-corrected chi connectivity index (χ4v) is 8.63. The summed E-state index contributed by atoms with van der Waals surface area (Å²) in [5, 5.41) is 9.78. The molecule has 0 N–H and O–H groups in total. The molecule has 244 valence electrons. The van der Waals surface area contributed by atoms with Crippen molar-refractivity contribution in [3.8, 4) is 39.9 Å². The van der Waals surface area contributed by atoms with E-state index >= 15 is 0 Å². The number of rotatable bonds is 3. The molecule has 11 rings (SSSR count). The molecule has 10 aromatic rings. The highest BCUT2D eigenvalue weighted by Gasteiger charge is 2.36. The molecule has 0 bridgehead atoms. The molecule has 8 aromatic carbocycles. The quantitative estimate of drug-likeness (QED) is 0.189. The molecule has 0 saturated heterocycles. The highest BCUT2D eigenvalue weighted by atomic mass is 15.2. The zero-order valence-electron chi connectivity index (χ0n) is 28.8. The largest absolute Gasteiger partial charge is 0.278 e. The molecule has 0 aliphatic heterocycles. The van der Waals surface area contributed by atoms with E-state index in [1.165, 1.54) is 65.3 Å². The van der Waals surface area contributed by atoms with Gasteiger partial charge in [-0.15, -0.1) is 0 Å². The van der Waals surface area contributed by atoms with Gasteiger partial charge in [0.25, 0.3) is 0 Å². The lowest BCUT2D eigenvalue weighted by atomic mass is 9.81. The minimum Gasteiger partial charge on any atom is -0.278 e. The van der Waals surface area contributed by atoms with Crippen LogP contribution >= 0.6 is 0 Å². The molecule has 0 fully saturated rings. The second-order valence-corrected chi connectivity index (χ2v) is 14.5. The first kappa shape index (κ1) is 29.1. The fraction of sp³-hybridized carbons (Fsp3) is 0.0625. The molecular formula is C48H32N4. The molecule has 0 saturated carbocycles. The van der Waals surface area contributed by atoms with Crippen molar-refractivity contribution in [3.05, 3.63) is 169 Å². The van der Waals surface area contributed by atoms with Crippen LogP contribution in [0.2, 0.25) is 0 Å². The summed E-state index contributed by atoms with van der Waals surface area (Å²) < 4.78 is 2.24. The summed E-state index contributed by atoms with van der Waals surface area (Å²) in [5.74, 6) is 1.90. The standard InChI is InChI=1S/C48H32N4/c1-48(2)39-28-34(20-23-37(39)38-26-32-16-6-7-17-33(32)27-40(38)48)46-49-45(31-14-4-3-5-15-31)50-47(51-46)52-41-24-21-29-12-8-10-18-35(29)43(41)44-36-19-11-9-13-30(36)22-25-42(44)52/h3-28H,1-2H3. The maximum atomic E-state index is 5.34. The van der Waals surface area contributed by atoms with Gasteiger partial charge in [-0.05, 0) is 84.9 Å². The first-order valence-electron chi connectivity index (χ1n) is 17.9. The predicted molar refractivity (Wildman–Crippen MR) is 215 cm³/mol. The summed E-state index contributed by atoms with van der Waals surface area (Å²) in [6.07, 6.45) is 0. The summed E-state index contributed by atoms with van der Waals surface area (Å²) >= 11 is 0. The minimum atomic E-state index is -0.183. The fourth-order valence-electron chi connectivity index (χ4n) is 8.63. The average molecular weight is 665 g/mol. The Hall–Kier alpha value is -6.65. The Morgan fingerprint density at radius 2 is 0.962 bits per heavy atom. The molecular weight excluding hydrogens is 633 g/mol. The number of nitrogens with zero attached hydrogens (tertiary/aromatic N) is 4. The molecule has 4 nitrogen and oxygen atoms in total. The lowest BCUT2D eigenvalue weighted by molar-refractivity contribution is 0.661. The summed E-state index contributed by atoms with van der Waals surface area (Å²) in [7, 11) is 0. The monoisotopic (exact) mass is 664 g/mol. The number of hydrogen-bond acceptors (Lipinski definition) is 3. The average Bonchev–Trinajstić information content (AvgIpc) is 3.66. The highest BCUT2D eigenvalue weighted by molar-refractivity contribution is 6.28. The molecule has 0 unspecified atom stereocenters. The SMILES string of the molecule is CC1(C)c2cc(-c3nc(-c4ccccc4)nc(-n4c5ccc6ccccc6c5c5c6ccccc6ccc54)n3)ccc2-c2cc3ccccc3cc21. The third kappa shape index (κ3) is 4.12. The van der Waals surface area contributed by atoms with E-state index in [0.29, 0.717) is 17.6 Å². The molecule has 0 spiro atoms. The van der Waals surface area contributed by atoms with E-state index < -0.39 is 0 Å². The molecule has 2 aromatic heterocycles. The molecule has 52 heavy (non-hydrogen) atoms. The van der Waals surface area contributed by atoms with E-state index in [-0.39, 0.29) is 5.41 Å². The maximum Gasteiger partial charge on any atom is 0.238 e. The van der Waals surface area contributed by atoms with Gasteiger partial charge < -0.3 is 0 Å². The Kier molecular flexibility index (Phi) is 5.98. The van der Waals surface area contributed by atoms with Gasteiger partial charge in [0.15, 0.2) is 11.6 Å². The lowest BCUT2D eigenvalue weighted by Gasteiger charge is -2.22. The van der Waals surface area contributed by atoms with Gasteiger partial charge in [-0.3, -0.25) is 4.57 Å². The molecule has 0 amide bonds. The number of hydrogen-bond donors (Lipinski definition) is 0. The number of benzene rings is 8. The van der Waals surface area contributed by atoms with Crippen molar-refractivity contribution in [2.75, 3.05) is 0 Å². The Bertz CT molecular complexity index is 3010. The van der Waals surface area contributed by atoms with Gasteiger partial charge in [-0.1, -0.05) is 141 Å². The Balaban J connectivity index is 1.19. The zero-order chi connectivity index (χ0) is 34.6. The first-order valence-corrected chi connectivity index (χ1v) is 17.9. The van der Waals surface area contributed by atoms with Crippen LogP contribution < -0.4 is 0 Å². The highest BCUT2D eigenvalue weighted by Crippen LogP contribution is 2.51. The van der Waals surface area contributed by atoms with Crippen LogP contribution in [0.1, 0.15) is 25.0 Å².